The van der Waals surface area contributed by atoms with E-state index in [2.05, 4.69) is 28.9 Å². The first-order valence-corrected chi connectivity index (χ1v) is 11.0. The summed E-state index contributed by atoms with van der Waals surface area (Å²) < 4.78 is 5.28. The second-order valence-corrected chi connectivity index (χ2v) is 8.61. The van der Waals surface area contributed by atoms with Gasteiger partial charge in [-0.2, -0.15) is 0 Å². The van der Waals surface area contributed by atoms with Gasteiger partial charge in [-0.05, 0) is 49.1 Å². The van der Waals surface area contributed by atoms with Gasteiger partial charge in [-0.3, -0.25) is 0 Å². The number of hydrogen-bond acceptors (Lipinski definition) is 6. The maximum Gasteiger partial charge on any atom is 0.141 e. The van der Waals surface area contributed by atoms with Crippen molar-refractivity contribution in [2.24, 2.45) is 0 Å². The minimum absolute atomic E-state index is 0.886. The molecule has 0 radical (unpaired) electrons. The molecule has 0 spiro atoms. The fourth-order valence-corrected chi connectivity index (χ4v) is 5.65. The van der Waals surface area contributed by atoms with Gasteiger partial charge in [0.05, 0.1) is 12.5 Å². The summed E-state index contributed by atoms with van der Waals surface area (Å²) >= 11 is 1.89. The number of methoxy groups -OCH3 is 1. The lowest BCUT2D eigenvalue weighted by atomic mass is 10.1. The zero-order valence-electron chi connectivity index (χ0n) is 16.6. The Labute approximate surface area is 170 Å². The monoisotopic (exact) mass is 394 g/mol. The maximum atomic E-state index is 5.28. The Bertz CT molecular complexity index is 990. The van der Waals surface area contributed by atoms with Crippen LogP contribution in [0.2, 0.25) is 0 Å². The fraction of sp³-hybridized carbons (Fsp3) is 0.455. The number of fused-ring (bicyclic) bond motifs is 3. The third kappa shape index (κ3) is 3.00. The average Bonchev–Trinajstić information content (AvgIpc) is 3.34. The van der Waals surface area contributed by atoms with Crippen LogP contribution >= 0.6 is 11.3 Å². The van der Waals surface area contributed by atoms with Crippen molar-refractivity contribution in [3.63, 3.8) is 0 Å². The van der Waals surface area contributed by atoms with E-state index in [0.717, 1.165) is 44.2 Å². The number of ether oxygens (including phenoxy) is 1. The van der Waals surface area contributed by atoms with Gasteiger partial charge in [0.2, 0.25) is 0 Å². The molecule has 2 aromatic heterocycles. The van der Waals surface area contributed by atoms with Crippen LogP contribution < -0.4 is 14.5 Å². The van der Waals surface area contributed by atoms with Crippen LogP contribution in [-0.4, -0.2) is 43.3 Å². The van der Waals surface area contributed by atoms with Gasteiger partial charge in [0.15, 0.2) is 0 Å². The molecular formula is C22H26N4OS. The molecule has 2 aliphatic rings. The lowest BCUT2D eigenvalue weighted by molar-refractivity contribution is 0.415. The molecule has 1 saturated heterocycles. The summed E-state index contributed by atoms with van der Waals surface area (Å²) in [6, 6.07) is 8.38. The predicted molar refractivity (Wildman–Crippen MR) is 116 cm³/mol. The smallest absolute Gasteiger partial charge is 0.141 e. The van der Waals surface area contributed by atoms with E-state index in [1.54, 1.807) is 7.11 Å². The van der Waals surface area contributed by atoms with E-state index in [1.165, 1.54) is 51.4 Å². The number of piperazine rings is 1. The summed E-state index contributed by atoms with van der Waals surface area (Å²) in [5.41, 5.74) is 2.79. The van der Waals surface area contributed by atoms with Crippen LogP contribution in [0.15, 0.2) is 24.3 Å². The molecule has 6 heteroatoms. The van der Waals surface area contributed by atoms with Crippen LogP contribution in [-0.2, 0) is 19.3 Å². The summed E-state index contributed by atoms with van der Waals surface area (Å²) in [7, 11) is 1.71. The lowest BCUT2D eigenvalue weighted by Gasteiger charge is -2.37. The Balaban J connectivity index is 1.42. The predicted octanol–water partition coefficient (Wildman–Crippen LogP) is 4.08. The Hall–Kier alpha value is -2.34. The van der Waals surface area contributed by atoms with E-state index >= 15 is 0 Å². The van der Waals surface area contributed by atoms with Crippen LogP contribution in [0.25, 0.3) is 10.2 Å². The summed E-state index contributed by atoms with van der Waals surface area (Å²) in [4.78, 5) is 17.5. The maximum absolute atomic E-state index is 5.28. The molecule has 1 aromatic carbocycles. The van der Waals surface area contributed by atoms with Crippen molar-refractivity contribution in [3.8, 4) is 5.75 Å². The lowest BCUT2D eigenvalue weighted by Crippen LogP contribution is -2.47. The van der Waals surface area contributed by atoms with E-state index in [-0.39, 0.29) is 0 Å². The highest BCUT2D eigenvalue weighted by Gasteiger charge is 2.26. The molecule has 0 amide bonds. The van der Waals surface area contributed by atoms with Crippen molar-refractivity contribution in [1.29, 1.82) is 0 Å². The van der Waals surface area contributed by atoms with Crippen molar-refractivity contribution < 1.29 is 4.74 Å². The molecule has 0 N–H and O–H groups in total. The quantitative estimate of drug-likeness (QED) is 0.667. The van der Waals surface area contributed by atoms with E-state index in [1.807, 2.05) is 23.5 Å². The van der Waals surface area contributed by atoms with Gasteiger partial charge in [-0.25, -0.2) is 9.97 Å². The SMILES string of the molecule is CCc1nc(N2CCN(c3ccc(OC)cc3)CC2)c2c3c(sc2n1)CCC3. The van der Waals surface area contributed by atoms with Gasteiger partial charge in [0, 0.05) is 43.2 Å². The van der Waals surface area contributed by atoms with Crippen molar-refractivity contribution in [2.75, 3.05) is 43.1 Å². The highest BCUT2D eigenvalue weighted by Crippen LogP contribution is 2.41. The highest BCUT2D eigenvalue weighted by molar-refractivity contribution is 7.19. The molecule has 0 unspecified atom stereocenters. The highest BCUT2D eigenvalue weighted by atomic mass is 32.1. The molecule has 3 heterocycles. The van der Waals surface area contributed by atoms with E-state index in [0.29, 0.717) is 0 Å². The van der Waals surface area contributed by atoms with Crippen LogP contribution in [0.5, 0.6) is 5.75 Å². The second kappa shape index (κ2) is 7.24. The number of aryl methyl sites for hydroxylation is 3. The zero-order valence-corrected chi connectivity index (χ0v) is 17.4. The molecule has 5 rings (SSSR count). The second-order valence-electron chi connectivity index (χ2n) is 7.53. The van der Waals surface area contributed by atoms with Crippen molar-refractivity contribution in [1.82, 2.24) is 9.97 Å². The Kier molecular flexibility index (Phi) is 4.59. The van der Waals surface area contributed by atoms with Gasteiger partial charge >= 0.3 is 0 Å². The summed E-state index contributed by atoms with van der Waals surface area (Å²) in [5, 5.41) is 1.34. The number of hydrogen-bond donors (Lipinski definition) is 0. The average molecular weight is 395 g/mol. The summed E-state index contributed by atoms with van der Waals surface area (Å²) in [6.45, 7) is 6.14. The Morgan fingerprint density at radius 2 is 1.75 bits per heavy atom. The number of rotatable bonds is 4. The van der Waals surface area contributed by atoms with Crippen LogP contribution in [0.1, 0.15) is 29.6 Å². The van der Waals surface area contributed by atoms with Gasteiger partial charge in [0.25, 0.3) is 0 Å². The molecule has 0 atom stereocenters. The van der Waals surface area contributed by atoms with Gasteiger partial charge < -0.3 is 14.5 Å². The number of aromatic nitrogens is 2. The van der Waals surface area contributed by atoms with Gasteiger partial charge in [0.1, 0.15) is 22.2 Å². The van der Waals surface area contributed by atoms with E-state index in [9.17, 15) is 0 Å². The van der Waals surface area contributed by atoms with E-state index in [4.69, 9.17) is 14.7 Å². The number of thiophene rings is 1. The fourth-order valence-electron chi connectivity index (χ4n) is 4.38. The summed E-state index contributed by atoms with van der Waals surface area (Å²) in [6.07, 6.45) is 4.56. The van der Waals surface area contributed by atoms with Crippen molar-refractivity contribution in [3.05, 3.63) is 40.5 Å². The number of benzene rings is 1. The third-order valence-corrected chi connectivity index (χ3v) is 7.11. The first kappa shape index (κ1) is 17.7. The standard InChI is InChI=1S/C22H26N4OS/c1-3-19-23-21(20-17-5-4-6-18(17)28-22(20)24-19)26-13-11-25(12-14-26)15-7-9-16(27-2)10-8-15/h7-10H,3-6,11-14H2,1-2H3. The molecule has 28 heavy (non-hydrogen) atoms. The normalized spacial score (nSPS) is 16.6. The molecule has 1 aliphatic heterocycles. The molecule has 3 aromatic rings. The number of anilines is 2. The number of nitrogens with zero attached hydrogens (tertiary/aromatic N) is 4. The first-order valence-electron chi connectivity index (χ1n) is 10.2. The van der Waals surface area contributed by atoms with Crippen LogP contribution in [0.4, 0.5) is 11.5 Å². The van der Waals surface area contributed by atoms with Crippen molar-refractivity contribution in [2.45, 2.75) is 32.6 Å². The largest absolute Gasteiger partial charge is 0.497 e. The molecule has 146 valence electrons. The minimum atomic E-state index is 0.886. The minimum Gasteiger partial charge on any atom is -0.497 e. The molecule has 5 nitrogen and oxygen atoms in total. The summed E-state index contributed by atoms with van der Waals surface area (Å²) in [5.74, 6) is 3.06. The van der Waals surface area contributed by atoms with Crippen LogP contribution in [0.3, 0.4) is 0 Å². The van der Waals surface area contributed by atoms with E-state index < -0.39 is 0 Å². The molecular weight excluding hydrogens is 368 g/mol. The molecule has 1 fully saturated rings. The van der Waals surface area contributed by atoms with Crippen LogP contribution in [0, 0.1) is 0 Å². The Morgan fingerprint density at radius 1 is 1.00 bits per heavy atom. The third-order valence-electron chi connectivity index (χ3n) is 5.92. The molecule has 1 aliphatic carbocycles. The zero-order chi connectivity index (χ0) is 19.1. The van der Waals surface area contributed by atoms with Crippen molar-refractivity contribution >= 4 is 33.1 Å². The molecule has 0 saturated carbocycles. The van der Waals surface area contributed by atoms with Gasteiger partial charge in [-0.1, -0.05) is 6.92 Å². The van der Waals surface area contributed by atoms with Gasteiger partial charge in [-0.15, -0.1) is 11.3 Å². The Morgan fingerprint density at radius 3 is 2.46 bits per heavy atom. The first-order chi connectivity index (χ1) is 13.8. The topological polar surface area (TPSA) is 41.5 Å². The molecule has 0 bridgehead atoms.